The molecule has 0 saturated heterocycles. The monoisotopic (exact) mass is 349 g/mol. The van der Waals surface area contributed by atoms with Crippen molar-refractivity contribution in [3.8, 4) is 0 Å². The van der Waals surface area contributed by atoms with Gasteiger partial charge in [-0.05, 0) is 37.8 Å². The van der Waals surface area contributed by atoms with Gasteiger partial charge in [0.05, 0.1) is 10.5 Å². The van der Waals surface area contributed by atoms with Crippen LogP contribution in [0.4, 0.5) is 11.4 Å². The van der Waals surface area contributed by atoms with E-state index in [4.69, 9.17) is 4.74 Å². The Morgan fingerprint density at radius 2 is 2.00 bits per heavy atom. The van der Waals surface area contributed by atoms with Crippen LogP contribution in [0.2, 0.25) is 0 Å². The molecule has 1 aromatic rings. The first-order chi connectivity index (χ1) is 11.8. The number of nitrogens with one attached hydrogen (secondary N) is 2. The number of benzene rings is 1. The van der Waals surface area contributed by atoms with E-state index < -0.39 is 23.4 Å². The number of hydrogen-bond acceptors (Lipinski definition) is 6. The Hall–Kier alpha value is -2.64. The highest BCUT2D eigenvalue weighted by atomic mass is 16.6. The van der Waals surface area contributed by atoms with Gasteiger partial charge in [-0.15, -0.1) is 0 Å². The summed E-state index contributed by atoms with van der Waals surface area (Å²) in [6.45, 7) is 5.37. The highest BCUT2D eigenvalue weighted by molar-refractivity contribution is 5.93. The van der Waals surface area contributed by atoms with Gasteiger partial charge in [-0.25, -0.2) is 4.79 Å². The maximum absolute atomic E-state index is 12.0. The van der Waals surface area contributed by atoms with Gasteiger partial charge in [-0.3, -0.25) is 14.9 Å². The highest BCUT2D eigenvalue weighted by Gasteiger charge is 2.26. The van der Waals surface area contributed by atoms with Crippen LogP contribution in [0.3, 0.4) is 0 Å². The molecule has 1 fully saturated rings. The lowest BCUT2D eigenvalue weighted by atomic mass is 10.1. The Kier molecular flexibility index (Phi) is 5.95. The van der Waals surface area contributed by atoms with Gasteiger partial charge in [-0.1, -0.05) is 13.8 Å². The van der Waals surface area contributed by atoms with Crippen molar-refractivity contribution in [2.45, 2.75) is 45.7 Å². The van der Waals surface area contributed by atoms with E-state index in [1.165, 1.54) is 18.2 Å². The van der Waals surface area contributed by atoms with Crippen molar-refractivity contribution >= 4 is 23.3 Å². The lowest BCUT2D eigenvalue weighted by molar-refractivity contribution is -0.384. The zero-order valence-electron chi connectivity index (χ0n) is 14.6. The molecule has 1 atom stereocenters. The van der Waals surface area contributed by atoms with Gasteiger partial charge in [-0.2, -0.15) is 0 Å². The van der Waals surface area contributed by atoms with Crippen LogP contribution in [-0.2, 0) is 9.53 Å². The van der Waals surface area contributed by atoms with Crippen LogP contribution < -0.4 is 10.6 Å². The largest absolute Gasteiger partial charge is 0.452 e. The van der Waals surface area contributed by atoms with Gasteiger partial charge in [0.15, 0.2) is 6.61 Å². The summed E-state index contributed by atoms with van der Waals surface area (Å²) in [6.07, 6.45) is 1.95. The van der Waals surface area contributed by atoms with Crippen LogP contribution in [0.5, 0.6) is 0 Å². The van der Waals surface area contributed by atoms with E-state index in [1.807, 2.05) is 20.8 Å². The molecule has 1 amide bonds. The van der Waals surface area contributed by atoms with Crippen LogP contribution in [0.15, 0.2) is 18.2 Å². The number of esters is 1. The van der Waals surface area contributed by atoms with E-state index in [9.17, 15) is 19.7 Å². The summed E-state index contributed by atoms with van der Waals surface area (Å²) in [6, 6.07) is 4.33. The lowest BCUT2D eigenvalue weighted by Crippen LogP contribution is -2.38. The third-order valence-corrected chi connectivity index (χ3v) is 4.09. The first kappa shape index (κ1) is 18.7. The molecule has 0 radical (unpaired) electrons. The summed E-state index contributed by atoms with van der Waals surface area (Å²) in [7, 11) is 0. The van der Waals surface area contributed by atoms with E-state index in [-0.39, 0.29) is 29.3 Å². The molecule has 0 unspecified atom stereocenters. The molecule has 0 bridgehead atoms. The average Bonchev–Trinajstić information content (AvgIpc) is 3.36. The number of hydrogen-bond donors (Lipinski definition) is 2. The second-order valence-electron chi connectivity index (χ2n) is 6.58. The number of nitro groups is 1. The molecular weight excluding hydrogens is 326 g/mol. The lowest BCUT2D eigenvalue weighted by Gasteiger charge is -2.17. The van der Waals surface area contributed by atoms with Gasteiger partial charge >= 0.3 is 5.97 Å². The SMILES string of the molecule is CC(C)[C@H](C)NC(=O)COC(=O)c1ccc(NC2CC2)c([N+](=O)[O-])c1. The Labute approximate surface area is 146 Å². The summed E-state index contributed by atoms with van der Waals surface area (Å²) in [5.74, 6) is -0.918. The normalized spacial score (nSPS) is 14.7. The summed E-state index contributed by atoms with van der Waals surface area (Å²) in [4.78, 5) is 34.4. The second-order valence-corrected chi connectivity index (χ2v) is 6.58. The van der Waals surface area contributed by atoms with Crippen LogP contribution in [-0.4, -0.2) is 35.5 Å². The zero-order valence-corrected chi connectivity index (χ0v) is 14.6. The Balaban J connectivity index is 1.97. The van der Waals surface area contributed by atoms with Gasteiger partial charge in [0.1, 0.15) is 5.69 Å². The summed E-state index contributed by atoms with van der Waals surface area (Å²) < 4.78 is 4.94. The minimum Gasteiger partial charge on any atom is -0.452 e. The van der Waals surface area contributed by atoms with E-state index in [0.717, 1.165) is 12.8 Å². The molecule has 8 nitrogen and oxygen atoms in total. The number of ether oxygens (including phenoxy) is 1. The van der Waals surface area contributed by atoms with Crippen molar-refractivity contribution in [3.05, 3.63) is 33.9 Å². The molecule has 0 heterocycles. The van der Waals surface area contributed by atoms with Crippen LogP contribution in [0.25, 0.3) is 0 Å². The number of nitro benzene ring substituents is 1. The van der Waals surface area contributed by atoms with Crippen molar-refractivity contribution < 1.29 is 19.2 Å². The fraction of sp³-hybridized carbons (Fsp3) is 0.529. The molecule has 8 heteroatoms. The molecule has 0 spiro atoms. The quantitative estimate of drug-likeness (QED) is 0.424. The topological polar surface area (TPSA) is 111 Å². The van der Waals surface area contributed by atoms with Crippen LogP contribution >= 0.6 is 0 Å². The van der Waals surface area contributed by atoms with Crippen molar-refractivity contribution in [2.24, 2.45) is 5.92 Å². The Bertz CT molecular complexity index is 670. The molecule has 2 N–H and O–H groups in total. The number of rotatable bonds is 8. The molecule has 25 heavy (non-hydrogen) atoms. The summed E-state index contributed by atoms with van der Waals surface area (Å²) >= 11 is 0. The minimum absolute atomic E-state index is 0.0396. The zero-order chi connectivity index (χ0) is 18.6. The van der Waals surface area contributed by atoms with Gasteiger partial charge in [0.25, 0.3) is 11.6 Å². The second kappa shape index (κ2) is 7.96. The summed E-state index contributed by atoms with van der Waals surface area (Å²) in [5.41, 5.74) is 0.240. The van der Waals surface area contributed by atoms with E-state index >= 15 is 0 Å². The molecule has 2 rings (SSSR count). The fourth-order valence-electron chi connectivity index (χ4n) is 2.06. The van der Waals surface area contributed by atoms with Crippen molar-refractivity contribution in [1.82, 2.24) is 5.32 Å². The number of carbonyl (C=O) groups is 2. The third kappa shape index (κ3) is 5.44. The molecule has 1 aliphatic carbocycles. The Morgan fingerprint density at radius 1 is 1.32 bits per heavy atom. The molecule has 0 aromatic heterocycles. The van der Waals surface area contributed by atoms with E-state index in [2.05, 4.69) is 10.6 Å². The van der Waals surface area contributed by atoms with Crippen molar-refractivity contribution in [3.63, 3.8) is 0 Å². The number of carbonyl (C=O) groups excluding carboxylic acids is 2. The summed E-state index contributed by atoms with van der Waals surface area (Å²) in [5, 5.41) is 17.0. The number of nitrogens with zero attached hydrogens (tertiary/aromatic N) is 1. The maximum atomic E-state index is 12.0. The first-order valence-electron chi connectivity index (χ1n) is 8.29. The smallest absolute Gasteiger partial charge is 0.338 e. The van der Waals surface area contributed by atoms with Gasteiger partial charge < -0.3 is 15.4 Å². The molecule has 1 saturated carbocycles. The first-order valence-corrected chi connectivity index (χ1v) is 8.29. The minimum atomic E-state index is -0.770. The number of amides is 1. The average molecular weight is 349 g/mol. The number of anilines is 1. The van der Waals surface area contributed by atoms with Crippen LogP contribution in [0.1, 0.15) is 44.0 Å². The van der Waals surface area contributed by atoms with Gasteiger partial charge in [0.2, 0.25) is 0 Å². The van der Waals surface area contributed by atoms with E-state index in [1.54, 1.807) is 0 Å². The van der Waals surface area contributed by atoms with Crippen LogP contribution in [0, 0.1) is 16.0 Å². The Morgan fingerprint density at radius 3 is 2.56 bits per heavy atom. The molecule has 1 aliphatic rings. The molecule has 136 valence electrons. The van der Waals surface area contributed by atoms with E-state index in [0.29, 0.717) is 5.69 Å². The van der Waals surface area contributed by atoms with Gasteiger partial charge in [0, 0.05) is 18.2 Å². The maximum Gasteiger partial charge on any atom is 0.338 e. The predicted molar refractivity (Wildman–Crippen MR) is 92.5 cm³/mol. The highest BCUT2D eigenvalue weighted by Crippen LogP contribution is 2.31. The third-order valence-electron chi connectivity index (χ3n) is 4.09. The fourth-order valence-corrected chi connectivity index (χ4v) is 2.06. The molecular formula is C17H23N3O5. The molecule has 1 aromatic carbocycles. The van der Waals surface area contributed by atoms with Crippen molar-refractivity contribution in [2.75, 3.05) is 11.9 Å². The van der Waals surface area contributed by atoms with Crippen molar-refractivity contribution in [1.29, 1.82) is 0 Å². The standard InChI is InChI=1S/C17H23N3O5/c1-10(2)11(3)18-16(21)9-25-17(22)12-4-7-14(19-13-5-6-13)15(8-12)20(23)24/h4,7-8,10-11,13,19H,5-6,9H2,1-3H3,(H,18,21)/t11-/m0/s1. The predicted octanol–water partition coefficient (Wildman–Crippen LogP) is 2.49. The molecule has 0 aliphatic heterocycles.